The first kappa shape index (κ1) is 9.67. The van der Waals surface area contributed by atoms with Crippen LogP contribution in [0.3, 0.4) is 0 Å². The van der Waals surface area contributed by atoms with Crippen molar-refractivity contribution in [3.63, 3.8) is 0 Å². The molecule has 0 unspecified atom stereocenters. The van der Waals surface area contributed by atoms with Gasteiger partial charge in [0.1, 0.15) is 11.6 Å². The standard InChI is InChI=1S/C10H12N4O/c15-9-2-1-8(14-6-9)5-11-7-10-12-3-4-13-10/h1-4,6,11,15H,5,7H2,(H,12,13). The third-order valence-corrected chi connectivity index (χ3v) is 1.96. The molecule has 78 valence electrons. The van der Waals surface area contributed by atoms with Gasteiger partial charge in [-0.15, -0.1) is 0 Å². The fraction of sp³-hybridized carbons (Fsp3) is 0.200. The number of H-pyrrole nitrogens is 1. The van der Waals surface area contributed by atoms with Crippen molar-refractivity contribution in [1.29, 1.82) is 0 Å². The molecule has 2 aromatic heterocycles. The molecule has 5 nitrogen and oxygen atoms in total. The van der Waals surface area contributed by atoms with Crippen molar-refractivity contribution in [3.05, 3.63) is 42.2 Å². The minimum atomic E-state index is 0.185. The number of rotatable bonds is 4. The van der Waals surface area contributed by atoms with Crippen LogP contribution in [0.1, 0.15) is 11.5 Å². The Labute approximate surface area is 87.2 Å². The van der Waals surface area contributed by atoms with E-state index in [1.807, 2.05) is 0 Å². The number of hydrogen-bond donors (Lipinski definition) is 3. The molecule has 0 aliphatic heterocycles. The second-order valence-electron chi connectivity index (χ2n) is 3.15. The number of imidazole rings is 1. The van der Waals surface area contributed by atoms with Crippen LogP contribution in [0.5, 0.6) is 5.75 Å². The zero-order valence-electron chi connectivity index (χ0n) is 8.14. The van der Waals surface area contributed by atoms with Gasteiger partial charge in [0.25, 0.3) is 0 Å². The van der Waals surface area contributed by atoms with Crippen molar-refractivity contribution >= 4 is 0 Å². The molecule has 0 aliphatic carbocycles. The second kappa shape index (κ2) is 4.56. The lowest BCUT2D eigenvalue weighted by Crippen LogP contribution is -2.14. The quantitative estimate of drug-likeness (QED) is 0.688. The van der Waals surface area contributed by atoms with E-state index in [9.17, 15) is 0 Å². The van der Waals surface area contributed by atoms with Crippen LogP contribution >= 0.6 is 0 Å². The summed E-state index contributed by atoms with van der Waals surface area (Å²) in [5.41, 5.74) is 0.888. The first-order valence-electron chi connectivity index (χ1n) is 4.67. The zero-order chi connectivity index (χ0) is 10.5. The lowest BCUT2D eigenvalue weighted by atomic mass is 10.3. The number of nitrogens with zero attached hydrogens (tertiary/aromatic N) is 2. The average Bonchev–Trinajstić information content (AvgIpc) is 2.74. The van der Waals surface area contributed by atoms with Crippen molar-refractivity contribution in [3.8, 4) is 5.75 Å². The van der Waals surface area contributed by atoms with E-state index in [1.165, 1.54) is 6.20 Å². The average molecular weight is 204 g/mol. The molecule has 0 radical (unpaired) electrons. The van der Waals surface area contributed by atoms with Gasteiger partial charge in [-0.1, -0.05) is 0 Å². The Morgan fingerprint density at radius 3 is 2.87 bits per heavy atom. The fourth-order valence-electron chi connectivity index (χ4n) is 1.22. The maximum Gasteiger partial charge on any atom is 0.133 e. The molecule has 0 spiro atoms. The van der Waals surface area contributed by atoms with E-state index in [0.29, 0.717) is 13.1 Å². The van der Waals surface area contributed by atoms with E-state index in [0.717, 1.165) is 11.5 Å². The Morgan fingerprint density at radius 1 is 1.27 bits per heavy atom. The summed E-state index contributed by atoms with van der Waals surface area (Å²) in [5, 5.41) is 12.2. The molecular formula is C10H12N4O. The summed E-state index contributed by atoms with van der Waals surface area (Å²) in [7, 11) is 0. The van der Waals surface area contributed by atoms with E-state index in [2.05, 4.69) is 20.3 Å². The van der Waals surface area contributed by atoms with Crippen LogP contribution in [0, 0.1) is 0 Å². The highest BCUT2D eigenvalue weighted by Gasteiger charge is 1.96. The number of aromatic amines is 1. The summed E-state index contributed by atoms with van der Waals surface area (Å²) < 4.78 is 0. The summed E-state index contributed by atoms with van der Waals surface area (Å²) in [6.07, 6.45) is 4.94. The van der Waals surface area contributed by atoms with Gasteiger partial charge < -0.3 is 15.4 Å². The lowest BCUT2D eigenvalue weighted by Gasteiger charge is -2.02. The van der Waals surface area contributed by atoms with Crippen LogP contribution in [-0.2, 0) is 13.1 Å². The molecule has 2 rings (SSSR count). The lowest BCUT2D eigenvalue weighted by molar-refractivity contribution is 0.471. The number of aromatic hydroxyl groups is 1. The molecule has 0 amide bonds. The Kier molecular flexibility index (Phi) is 2.94. The first-order chi connectivity index (χ1) is 7.34. The van der Waals surface area contributed by atoms with Crippen molar-refractivity contribution in [2.24, 2.45) is 0 Å². The van der Waals surface area contributed by atoms with Gasteiger partial charge in [0, 0.05) is 18.9 Å². The third-order valence-electron chi connectivity index (χ3n) is 1.96. The van der Waals surface area contributed by atoms with E-state index in [1.54, 1.807) is 24.5 Å². The summed E-state index contributed by atoms with van der Waals surface area (Å²) >= 11 is 0. The highest BCUT2D eigenvalue weighted by molar-refractivity contribution is 5.17. The normalized spacial score (nSPS) is 10.4. The monoisotopic (exact) mass is 204 g/mol. The molecule has 2 heterocycles. The summed E-state index contributed by atoms with van der Waals surface area (Å²) in [4.78, 5) is 11.1. The number of aromatic nitrogens is 3. The molecular weight excluding hydrogens is 192 g/mol. The van der Waals surface area contributed by atoms with Crippen molar-refractivity contribution < 1.29 is 5.11 Å². The van der Waals surface area contributed by atoms with Crippen LogP contribution < -0.4 is 5.32 Å². The number of pyridine rings is 1. The van der Waals surface area contributed by atoms with Crippen LogP contribution in [0.4, 0.5) is 0 Å². The minimum absolute atomic E-state index is 0.185. The molecule has 0 aromatic carbocycles. The second-order valence-corrected chi connectivity index (χ2v) is 3.15. The van der Waals surface area contributed by atoms with Crippen LogP contribution in [0.15, 0.2) is 30.7 Å². The fourth-order valence-corrected chi connectivity index (χ4v) is 1.22. The van der Waals surface area contributed by atoms with Gasteiger partial charge in [-0.05, 0) is 12.1 Å². The van der Waals surface area contributed by atoms with Crippen LogP contribution in [0.2, 0.25) is 0 Å². The smallest absolute Gasteiger partial charge is 0.133 e. The topological polar surface area (TPSA) is 73.8 Å². The first-order valence-corrected chi connectivity index (χ1v) is 4.67. The van der Waals surface area contributed by atoms with Gasteiger partial charge in [-0.3, -0.25) is 4.98 Å². The van der Waals surface area contributed by atoms with Crippen molar-refractivity contribution in [1.82, 2.24) is 20.3 Å². The van der Waals surface area contributed by atoms with Crippen LogP contribution in [-0.4, -0.2) is 20.1 Å². The van der Waals surface area contributed by atoms with E-state index >= 15 is 0 Å². The Balaban J connectivity index is 1.81. The van der Waals surface area contributed by atoms with Gasteiger partial charge in [-0.2, -0.15) is 0 Å². The van der Waals surface area contributed by atoms with Crippen molar-refractivity contribution in [2.75, 3.05) is 0 Å². The number of nitrogens with one attached hydrogen (secondary N) is 2. The molecule has 5 heteroatoms. The highest BCUT2D eigenvalue weighted by atomic mass is 16.3. The summed E-state index contributed by atoms with van der Waals surface area (Å²) in [6, 6.07) is 3.40. The summed E-state index contributed by atoms with van der Waals surface area (Å²) in [6.45, 7) is 1.33. The molecule has 0 saturated carbocycles. The predicted molar refractivity (Wildman–Crippen MR) is 55.0 cm³/mol. The maximum absolute atomic E-state index is 9.03. The van der Waals surface area contributed by atoms with E-state index in [4.69, 9.17) is 5.11 Å². The zero-order valence-corrected chi connectivity index (χ0v) is 8.14. The molecule has 3 N–H and O–H groups in total. The van der Waals surface area contributed by atoms with Crippen LogP contribution in [0.25, 0.3) is 0 Å². The molecule has 0 saturated heterocycles. The number of hydrogen-bond acceptors (Lipinski definition) is 4. The molecule has 0 atom stereocenters. The van der Waals surface area contributed by atoms with Crippen molar-refractivity contribution in [2.45, 2.75) is 13.1 Å². The maximum atomic E-state index is 9.03. The summed E-state index contributed by atoms with van der Waals surface area (Å²) in [5.74, 6) is 1.08. The third kappa shape index (κ3) is 2.78. The molecule has 2 aromatic rings. The van der Waals surface area contributed by atoms with E-state index < -0.39 is 0 Å². The minimum Gasteiger partial charge on any atom is -0.506 e. The molecule has 0 bridgehead atoms. The van der Waals surface area contributed by atoms with Gasteiger partial charge in [0.2, 0.25) is 0 Å². The predicted octanol–water partition coefficient (Wildman–Crippen LogP) is 0.800. The molecule has 0 aliphatic rings. The Morgan fingerprint density at radius 2 is 2.20 bits per heavy atom. The van der Waals surface area contributed by atoms with Gasteiger partial charge >= 0.3 is 0 Å². The van der Waals surface area contributed by atoms with Gasteiger partial charge in [0.15, 0.2) is 0 Å². The molecule has 0 fully saturated rings. The Bertz CT molecular complexity index is 396. The van der Waals surface area contributed by atoms with E-state index in [-0.39, 0.29) is 5.75 Å². The van der Waals surface area contributed by atoms with Gasteiger partial charge in [0.05, 0.1) is 18.4 Å². The van der Waals surface area contributed by atoms with Gasteiger partial charge in [-0.25, -0.2) is 4.98 Å². The highest BCUT2D eigenvalue weighted by Crippen LogP contribution is 2.05. The Hall–Kier alpha value is -1.88. The molecule has 15 heavy (non-hydrogen) atoms. The SMILES string of the molecule is Oc1ccc(CNCc2ncc[nH]2)nc1. The largest absolute Gasteiger partial charge is 0.506 e.